The van der Waals surface area contributed by atoms with Gasteiger partial charge in [-0.15, -0.1) is 0 Å². The summed E-state index contributed by atoms with van der Waals surface area (Å²) in [5.74, 6) is 0. The SMILES string of the molecule is CC1=C=C(C)N=CN=C1. The van der Waals surface area contributed by atoms with Crippen molar-refractivity contribution in [3.05, 3.63) is 17.0 Å². The minimum Gasteiger partial charge on any atom is -0.244 e. The fraction of sp³-hybridized carbons (Fsp3) is 0.286. The molecule has 1 rings (SSSR count). The smallest absolute Gasteiger partial charge is 0.116 e. The predicted molar refractivity (Wildman–Crippen MR) is 38.9 cm³/mol. The molecular formula is C7H8N2. The molecule has 0 bridgehead atoms. The molecule has 0 fully saturated rings. The van der Waals surface area contributed by atoms with E-state index in [-0.39, 0.29) is 0 Å². The Labute approximate surface area is 54.3 Å². The highest BCUT2D eigenvalue weighted by Gasteiger charge is 1.84. The van der Waals surface area contributed by atoms with Crippen LogP contribution in [0.1, 0.15) is 13.8 Å². The highest BCUT2D eigenvalue weighted by molar-refractivity contribution is 5.85. The van der Waals surface area contributed by atoms with E-state index < -0.39 is 0 Å². The van der Waals surface area contributed by atoms with Crippen LogP contribution in [0.15, 0.2) is 27.0 Å². The largest absolute Gasteiger partial charge is 0.244 e. The van der Waals surface area contributed by atoms with Crippen molar-refractivity contribution in [1.29, 1.82) is 0 Å². The Hall–Kier alpha value is -1.14. The van der Waals surface area contributed by atoms with Crippen molar-refractivity contribution in [2.45, 2.75) is 13.8 Å². The summed E-state index contributed by atoms with van der Waals surface area (Å²) in [4.78, 5) is 7.80. The summed E-state index contributed by atoms with van der Waals surface area (Å²) in [6.07, 6.45) is 3.26. The van der Waals surface area contributed by atoms with Gasteiger partial charge in [-0.2, -0.15) is 0 Å². The van der Waals surface area contributed by atoms with Crippen molar-refractivity contribution in [3.8, 4) is 0 Å². The van der Waals surface area contributed by atoms with Crippen molar-refractivity contribution in [1.82, 2.24) is 0 Å². The number of hydrogen-bond acceptors (Lipinski definition) is 2. The fourth-order valence-corrected chi connectivity index (χ4v) is 0.615. The Morgan fingerprint density at radius 1 is 1.44 bits per heavy atom. The molecule has 0 aliphatic carbocycles. The Morgan fingerprint density at radius 3 is 3.00 bits per heavy atom. The molecule has 0 aromatic carbocycles. The first-order chi connectivity index (χ1) is 4.29. The number of nitrogens with zero attached hydrogens (tertiary/aromatic N) is 2. The van der Waals surface area contributed by atoms with Crippen LogP contribution in [0.4, 0.5) is 0 Å². The minimum atomic E-state index is 0.880. The van der Waals surface area contributed by atoms with Gasteiger partial charge in [0.1, 0.15) is 6.34 Å². The molecule has 0 atom stereocenters. The van der Waals surface area contributed by atoms with Crippen LogP contribution in [0.25, 0.3) is 0 Å². The Balaban J connectivity index is 3.07. The molecule has 0 N–H and O–H groups in total. The van der Waals surface area contributed by atoms with E-state index in [9.17, 15) is 0 Å². The average molecular weight is 120 g/mol. The van der Waals surface area contributed by atoms with Crippen LogP contribution >= 0.6 is 0 Å². The number of aliphatic imine (C=N–C) groups is 2. The number of allylic oxidation sites excluding steroid dienone is 1. The van der Waals surface area contributed by atoms with Gasteiger partial charge in [0.25, 0.3) is 0 Å². The van der Waals surface area contributed by atoms with Gasteiger partial charge >= 0.3 is 0 Å². The zero-order valence-electron chi connectivity index (χ0n) is 5.55. The average Bonchev–Trinajstić information content (AvgIpc) is 1.93. The lowest BCUT2D eigenvalue weighted by Gasteiger charge is -1.78. The first-order valence-corrected chi connectivity index (χ1v) is 2.79. The summed E-state index contributed by atoms with van der Waals surface area (Å²) in [6, 6.07) is 0. The van der Waals surface area contributed by atoms with Gasteiger partial charge in [0.05, 0.1) is 5.70 Å². The maximum atomic E-state index is 3.94. The molecule has 9 heavy (non-hydrogen) atoms. The summed E-state index contributed by atoms with van der Waals surface area (Å²) in [6.45, 7) is 3.84. The van der Waals surface area contributed by atoms with Gasteiger partial charge in [0.15, 0.2) is 0 Å². The summed E-state index contributed by atoms with van der Waals surface area (Å²) in [5.41, 5.74) is 4.93. The zero-order chi connectivity index (χ0) is 6.69. The monoisotopic (exact) mass is 120 g/mol. The van der Waals surface area contributed by atoms with Crippen LogP contribution in [0, 0.1) is 0 Å². The van der Waals surface area contributed by atoms with E-state index >= 15 is 0 Å². The van der Waals surface area contributed by atoms with Crippen LogP contribution in [-0.4, -0.2) is 12.6 Å². The molecule has 1 aliphatic rings. The highest BCUT2D eigenvalue weighted by atomic mass is 14.9. The zero-order valence-corrected chi connectivity index (χ0v) is 5.55. The van der Waals surface area contributed by atoms with Crippen molar-refractivity contribution in [3.63, 3.8) is 0 Å². The molecule has 1 aliphatic heterocycles. The molecule has 0 aromatic rings. The van der Waals surface area contributed by atoms with E-state index in [4.69, 9.17) is 0 Å². The van der Waals surface area contributed by atoms with Crippen molar-refractivity contribution < 1.29 is 0 Å². The van der Waals surface area contributed by atoms with Crippen LogP contribution in [0.5, 0.6) is 0 Å². The number of rotatable bonds is 0. The van der Waals surface area contributed by atoms with E-state index in [0.717, 1.165) is 11.3 Å². The van der Waals surface area contributed by atoms with E-state index in [1.807, 2.05) is 13.8 Å². The standard InChI is InChI=1S/C7H8N2/c1-6-3-7(2)9-5-8-4-6/h4-5H,1-2H3. The van der Waals surface area contributed by atoms with E-state index in [1.54, 1.807) is 6.21 Å². The minimum absolute atomic E-state index is 0.880. The predicted octanol–water partition coefficient (Wildman–Crippen LogP) is 1.55. The maximum absolute atomic E-state index is 3.94. The quantitative estimate of drug-likeness (QED) is 0.433. The van der Waals surface area contributed by atoms with E-state index in [0.29, 0.717) is 0 Å². The van der Waals surface area contributed by atoms with Crippen LogP contribution in [-0.2, 0) is 0 Å². The molecule has 46 valence electrons. The summed E-state index contributed by atoms with van der Waals surface area (Å²) < 4.78 is 0. The molecule has 0 saturated heterocycles. The van der Waals surface area contributed by atoms with Gasteiger partial charge in [-0.25, -0.2) is 9.98 Å². The van der Waals surface area contributed by atoms with Gasteiger partial charge in [-0.05, 0) is 13.8 Å². The third-order valence-electron chi connectivity index (χ3n) is 0.964. The first kappa shape index (κ1) is 5.99. The molecule has 0 saturated carbocycles. The molecule has 2 nitrogen and oxygen atoms in total. The lowest BCUT2D eigenvalue weighted by atomic mass is 10.3. The summed E-state index contributed by atoms with van der Waals surface area (Å²) in [5, 5.41) is 0. The van der Waals surface area contributed by atoms with Crippen molar-refractivity contribution in [2.75, 3.05) is 0 Å². The lowest BCUT2D eigenvalue weighted by Crippen LogP contribution is -1.71. The van der Waals surface area contributed by atoms with E-state index in [1.165, 1.54) is 6.34 Å². The third-order valence-corrected chi connectivity index (χ3v) is 0.964. The maximum Gasteiger partial charge on any atom is 0.116 e. The Morgan fingerprint density at radius 2 is 2.22 bits per heavy atom. The van der Waals surface area contributed by atoms with Gasteiger partial charge < -0.3 is 0 Å². The third kappa shape index (κ3) is 1.67. The number of hydrogen-bond donors (Lipinski definition) is 0. The molecule has 2 heteroatoms. The second-order valence-corrected chi connectivity index (χ2v) is 1.92. The molecule has 1 heterocycles. The Bertz CT molecular complexity index is 205. The Kier molecular flexibility index (Phi) is 1.61. The van der Waals surface area contributed by atoms with E-state index in [2.05, 4.69) is 15.7 Å². The molecule has 0 aromatic heterocycles. The van der Waals surface area contributed by atoms with Crippen LogP contribution in [0.2, 0.25) is 0 Å². The van der Waals surface area contributed by atoms with Gasteiger partial charge in [-0.3, -0.25) is 0 Å². The van der Waals surface area contributed by atoms with Gasteiger partial charge in [0.2, 0.25) is 0 Å². The summed E-state index contributed by atoms with van der Waals surface area (Å²) >= 11 is 0. The molecule has 0 unspecified atom stereocenters. The molecule has 0 radical (unpaired) electrons. The first-order valence-electron chi connectivity index (χ1n) is 2.79. The van der Waals surface area contributed by atoms with Crippen molar-refractivity contribution in [2.24, 2.45) is 9.98 Å². The fourth-order valence-electron chi connectivity index (χ4n) is 0.615. The van der Waals surface area contributed by atoms with Crippen LogP contribution < -0.4 is 0 Å². The highest BCUT2D eigenvalue weighted by Crippen LogP contribution is 1.96. The van der Waals surface area contributed by atoms with Gasteiger partial charge in [0, 0.05) is 11.8 Å². The molecule has 0 spiro atoms. The van der Waals surface area contributed by atoms with Crippen molar-refractivity contribution >= 4 is 12.6 Å². The second-order valence-electron chi connectivity index (χ2n) is 1.92. The molecule has 0 amide bonds. The second kappa shape index (κ2) is 2.42. The molecular weight excluding hydrogens is 112 g/mol. The summed E-state index contributed by atoms with van der Waals surface area (Å²) in [7, 11) is 0. The lowest BCUT2D eigenvalue weighted by molar-refractivity contribution is 1.32. The normalized spacial score (nSPS) is 16.7. The van der Waals surface area contributed by atoms with Crippen LogP contribution in [0.3, 0.4) is 0 Å². The topological polar surface area (TPSA) is 24.7 Å². The van der Waals surface area contributed by atoms with Gasteiger partial charge in [-0.1, -0.05) is 5.73 Å².